The van der Waals surface area contributed by atoms with E-state index in [1.54, 1.807) is 0 Å². The van der Waals surface area contributed by atoms with Crippen molar-refractivity contribution < 1.29 is 4.74 Å². The van der Waals surface area contributed by atoms with Gasteiger partial charge in [0, 0.05) is 45.3 Å². The number of guanidine groups is 1. The highest BCUT2D eigenvalue weighted by Crippen LogP contribution is 2.18. The SMILES string of the molecule is CN=C(NCc1cccc(CN2CCC(C)CC2)c1)NCC(C)(C)N1CCOCC1. The van der Waals surface area contributed by atoms with E-state index in [1.165, 1.54) is 37.1 Å². The van der Waals surface area contributed by atoms with Gasteiger partial charge in [-0.1, -0.05) is 31.2 Å². The van der Waals surface area contributed by atoms with E-state index in [9.17, 15) is 0 Å². The molecule has 0 aromatic heterocycles. The van der Waals surface area contributed by atoms with Crippen molar-refractivity contribution in [3.63, 3.8) is 0 Å². The molecule has 6 heteroatoms. The molecule has 2 N–H and O–H groups in total. The number of nitrogens with zero attached hydrogens (tertiary/aromatic N) is 3. The smallest absolute Gasteiger partial charge is 0.191 e. The lowest BCUT2D eigenvalue weighted by molar-refractivity contribution is -0.00834. The quantitative estimate of drug-likeness (QED) is 0.530. The van der Waals surface area contributed by atoms with Crippen LogP contribution in [0.2, 0.25) is 0 Å². The molecule has 30 heavy (non-hydrogen) atoms. The molecule has 0 unspecified atom stereocenters. The maximum Gasteiger partial charge on any atom is 0.191 e. The highest BCUT2D eigenvalue weighted by atomic mass is 16.5. The minimum Gasteiger partial charge on any atom is -0.379 e. The molecule has 168 valence electrons. The fourth-order valence-corrected chi connectivity index (χ4v) is 4.30. The van der Waals surface area contributed by atoms with Gasteiger partial charge >= 0.3 is 0 Å². The van der Waals surface area contributed by atoms with Gasteiger partial charge in [0.25, 0.3) is 0 Å². The summed E-state index contributed by atoms with van der Waals surface area (Å²) in [6, 6.07) is 8.95. The molecule has 0 spiro atoms. The van der Waals surface area contributed by atoms with Crippen molar-refractivity contribution in [1.29, 1.82) is 0 Å². The summed E-state index contributed by atoms with van der Waals surface area (Å²) in [5.41, 5.74) is 2.77. The monoisotopic (exact) mass is 415 g/mol. The van der Waals surface area contributed by atoms with Crippen LogP contribution >= 0.6 is 0 Å². The molecule has 0 bridgehead atoms. The number of aliphatic imine (C=N–C) groups is 1. The Balaban J connectivity index is 1.46. The van der Waals surface area contributed by atoms with Crippen LogP contribution in [-0.4, -0.2) is 74.3 Å². The zero-order valence-electron chi connectivity index (χ0n) is 19.4. The van der Waals surface area contributed by atoms with E-state index in [4.69, 9.17) is 4.74 Å². The van der Waals surface area contributed by atoms with Gasteiger partial charge in [-0.2, -0.15) is 0 Å². The van der Waals surface area contributed by atoms with Crippen LogP contribution in [0.1, 0.15) is 44.7 Å². The maximum absolute atomic E-state index is 5.49. The van der Waals surface area contributed by atoms with E-state index in [2.05, 4.69) is 70.5 Å². The van der Waals surface area contributed by atoms with E-state index in [0.29, 0.717) is 0 Å². The zero-order valence-corrected chi connectivity index (χ0v) is 19.4. The van der Waals surface area contributed by atoms with Gasteiger partial charge in [0.2, 0.25) is 0 Å². The zero-order chi connectivity index (χ0) is 21.4. The molecule has 0 atom stereocenters. The number of likely N-dealkylation sites (tertiary alicyclic amines) is 1. The lowest BCUT2D eigenvalue weighted by Gasteiger charge is -2.41. The van der Waals surface area contributed by atoms with Gasteiger partial charge in [-0.3, -0.25) is 14.8 Å². The first kappa shape index (κ1) is 23.0. The number of hydrogen-bond donors (Lipinski definition) is 2. The van der Waals surface area contributed by atoms with Crippen LogP contribution in [0.15, 0.2) is 29.3 Å². The standard InChI is InChI=1S/C24H41N5O/c1-20-8-10-28(11-9-20)18-22-7-5-6-21(16-22)17-26-23(25-4)27-19-24(2,3)29-12-14-30-15-13-29/h5-7,16,20H,8-15,17-19H2,1-4H3,(H2,25,26,27). The Hall–Kier alpha value is -1.63. The van der Waals surface area contributed by atoms with Crippen molar-refractivity contribution in [2.24, 2.45) is 10.9 Å². The Morgan fingerprint density at radius 2 is 1.80 bits per heavy atom. The molecule has 0 radical (unpaired) electrons. The number of morpholine rings is 1. The highest BCUT2D eigenvalue weighted by Gasteiger charge is 2.28. The number of piperidine rings is 1. The summed E-state index contributed by atoms with van der Waals surface area (Å²) in [5, 5.41) is 6.99. The molecule has 0 aliphatic carbocycles. The van der Waals surface area contributed by atoms with Crippen LogP contribution in [0, 0.1) is 5.92 Å². The van der Waals surface area contributed by atoms with E-state index in [0.717, 1.165) is 57.8 Å². The van der Waals surface area contributed by atoms with Crippen LogP contribution in [0.5, 0.6) is 0 Å². The van der Waals surface area contributed by atoms with Gasteiger partial charge in [-0.25, -0.2) is 0 Å². The number of ether oxygens (including phenoxy) is 1. The van der Waals surface area contributed by atoms with E-state index in [1.807, 2.05) is 7.05 Å². The van der Waals surface area contributed by atoms with Crippen LogP contribution in [-0.2, 0) is 17.8 Å². The van der Waals surface area contributed by atoms with Crippen molar-refractivity contribution in [3.8, 4) is 0 Å². The normalized spacial score (nSPS) is 20.3. The minimum atomic E-state index is 0.0628. The molecular weight excluding hydrogens is 374 g/mol. The van der Waals surface area contributed by atoms with Crippen LogP contribution in [0.25, 0.3) is 0 Å². The van der Waals surface area contributed by atoms with E-state index < -0.39 is 0 Å². The van der Waals surface area contributed by atoms with Gasteiger partial charge in [0.1, 0.15) is 0 Å². The summed E-state index contributed by atoms with van der Waals surface area (Å²) in [7, 11) is 1.84. The number of hydrogen-bond acceptors (Lipinski definition) is 4. The molecule has 0 saturated carbocycles. The summed E-state index contributed by atoms with van der Waals surface area (Å²) >= 11 is 0. The molecule has 3 rings (SSSR count). The molecule has 2 saturated heterocycles. The van der Waals surface area contributed by atoms with E-state index >= 15 is 0 Å². The van der Waals surface area contributed by atoms with Crippen molar-refractivity contribution >= 4 is 5.96 Å². The van der Waals surface area contributed by atoms with Crippen molar-refractivity contribution in [2.45, 2.75) is 52.2 Å². The minimum absolute atomic E-state index is 0.0628. The molecule has 2 aliphatic heterocycles. The third kappa shape index (κ3) is 6.96. The number of nitrogens with one attached hydrogen (secondary N) is 2. The predicted molar refractivity (Wildman–Crippen MR) is 125 cm³/mol. The number of rotatable bonds is 7. The average molecular weight is 416 g/mol. The molecule has 1 aromatic carbocycles. The van der Waals surface area contributed by atoms with Gasteiger partial charge in [0.05, 0.1) is 13.2 Å². The maximum atomic E-state index is 5.49. The molecular formula is C24H41N5O. The van der Waals surface area contributed by atoms with Crippen molar-refractivity contribution in [3.05, 3.63) is 35.4 Å². The Bertz CT molecular complexity index is 676. The predicted octanol–water partition coefficient (Wildman–Crippen LogP) is 2.69. The van der Waals surface area contributed by atoms with Crippen LogP contribution in [0.3, 0.4) is 0 Å². The molecule has 0 amide bonds. The first-order valence-corrected chi connectivity index (χ1v) is 11.5. The van der Waals surface area contributed by atoms with Crippen LogP contribution < -0.4 is 10.6 Å². The highest BCUT2D eigenvalue weighted by molar-refractivity contribution is 5.79. The summed E-state index contributed by atoms with van der Waals surface area (Å²) in [6.07, 6.45) is 2.65. The lowest BCUT2D eigenvalue weighted by Crippen LogP contribution is -2.56. The molecule has 1 aromatic rings. The lowest BCUT2D eigenvalue weighted by atomic mass is 9.98. The third-order valence-electron chi connectivity index (χ3n) is 6.51. The van der Waals surface area contributed by atoms with E-state index in [-0.39, 0.29) is 5.54 Å². The Labute approximate surface area is 183 Å². The van der Waals surface area contributed by atoms with Gasteiger partial charge < -0.3 is 15.4 Å². The van der Waals surface area contributed by atoms with Gasteiger partial charge in [0.15, 0.2) is 5.96 Å². The Morgan fingerprint density at radius 3 is 2.50 bits per heavy atom. The second kappa shape index (κ2) is 11.1. The average Bonchev–Trinajstić information content (AvgIpc) is 2.76. The third-order valence-corrected chi connectivity index (χ3v) is 6.51. The first-order chi connectivity index (χ1) is 14.5. The fourth-order valence-electron chi connectivity index (χ4n) is 4.30. The van der Waals surface area contributed by atoms with Crippen molar-refractivity contribution in [1.82, 2.24) is 20.4 Å². The summed E-state index contributed by atoms with van der Waals surface area (Å²) < 4.78 is 5.49. The summed E-state index contributed by atoms with van der Waals surface area (Å²) in [5.74, 6) is 1.73. The fraction of sp³-hybridized carbons (Fsp3) is 0.708. The molecule has 2 aliphatic rings. The summed E-state index contributed by atoms with van der Waals surface area (Å²) in [6.45, 7) is 15.7. The Kier molecular flexibility index (Phi) is 8.54. The summed E-state index contributed by atoms with van der Waals surface area (Å²) in [4.78, 5) is 9.49. The van der Waals surface area contributed by atoms with Gasteiger partial charge in [-0.05, 0) is 56.8 Å². The molecule has 6 nitrogen and oxygen atoms in total. The largest absolute Gasteiger partial charge is 0.379 e. The van der Waals surface area contributed by atoms with Crippen LogP contribution in [0.4, 0.5) is 0 Å². The number of benzene rings is 1. The Morgan fingerprint density at radius 1 is 1.10 bits per heavy atom. The van der Waals surface area contributed by atoms with Crippen molar-refractivity contribution in [2.75, 3.05) is 53.0 Å². The second-order valence-corrected chi connectivity index (χ2v) is 9.47. The molecule has 2 fully saturated rings. The second-order valence-electron chi connectivity index (χ2n) is 9.47. The van der Waals surface area contributed by atoms with Gasteiger partial charge in [-0.15, -0.1) is 0 Å². The molecule has 2 heterocycles. The topological polar surface area (TPSA) is 52.1 Å². The first-order valence-electron chi connectivity index (χ1n) is 11.5.